The molecule has 4 nitrogen and oxygen atoms in total. The van der Waals surface area contributed by atoms with Crippen molar-refractivity contribution < 1.29 is 12.8 Å². The molecule has 0 aliphatic rings. The van der Waals surface area contributed by atoms with Gasteiger partial charge in [0.2, 0.25) is 0 Å². The zero-order chi connectivity index (χ0) is 17.0. The molecule has 1 N–H and O–H groups in total. The summed E-state index contributed by atoms with van der Waals surface area (Å²) in [6, 6.07) is 7.89. The highest BCUT2D eigenvalue weighted by molar-refractivity contribution is 7.87. The van der Waals surface area contributed by atoms with Gasteiger partial charge in [-0.3, -0.25) is 0 Å². The molecular formula is C15H18ClFN2O2S2. The molecule has 1 aromatic carbocycles. The van der Waals surface area contributed by atoms with Crippen LogP contribution in [0, 0.1) is 5.82 Å². The van der Waals surface area contributed by atoms with Crippen molar-refractivity contribution >= 4 is 33.1 Å². The number of hydrogen-bond donors (Lipinski definition) is 1. The smallest absolute Gasteiger partial charge is 0.207 e. The fourth-order valence-corrected chi connectivity index (χ4v) is 4.24. The number of thiophene rings is 1. The van der Waals surface area contributed by atoms with Crippen molar-refractivity contribution in [1.29, 1.82) is 0 Å². The van der Waals surface area contributed by atoms with Gasteiger partial charge in [0.05, 0.1) is 0 Å². The maximum absolute atomic E-state index is 13.8. The van der Waals surface area contributed by atoms with Crippen LogP contribution in [0.25, 0.3) is 0 Å². The van der Waals surface area contributed by atoms with Gasteiger partial charge in [0.25, 0.3) is 10.2 Å². The predicted molar refractivity (Wildman–Crippen MR) is 92.4 cm³/mol. The molecule has 0 bridgehead atoms. The van der Waals surface area contributed by atoms with Crippen LogP contribution in [0.1, 0.15) is 17.4 Å². The lowest BCUT2D eigenvalue weighted by molar-refractivity contribution is 0.438. The van der Waals surface area contributed by atoms with Crippen LogP contribution < -0.4 is 4.72 Å². The van der Waals surface area contributed by atoms with Crippen molar-refractivity contribution in [3.63, 3.8) is 0 Å². The molecule has 1 heterocycles. The highest BCUT2D eigenvalue weighted by Crippen LogP contribution is 2.21. The fraction of sp³-hybridized carbons (Fsp3) is 0.333. The Labute approximate surface area is 145 Å². The van der Waals surface area contributed by atoms with Gasteiger partial charge >= 0.3 is 0 Å². The van der Waals surface area contributed by atoms with Gasteiger partial charge in [-0.05, 0) is 36.9 Å². The van der Waals surface area contributed by atoms with Crippen LogP contribution in [0.5, 0.6) is 0 Å². The molecule has 0 aliphatic carbocycles. The summed E-state index contributed by atoms with van der Waals surface area (Å²) in [6.45, 7) is 1.66. The normalized spacial score (nSPS) is 13.4. The van der Waals surface area contributed by atoms with E-state index in [1.807, 2.05) is 17.5 Å². The van der Waals surface area contributed by atoms with Gasteiger partial charge < -0.3 is 0 Å². The fourth-order valence-electron chi connectivity index (χ4n) is 2.11. The summed E-state index contributed by atoms with van der Waals surface area (Å²) in [5.41, 5.74) is 0.160. The molecule has 1 aromatic heterocycles. The molecule has 0 radical (unpaired) electrons. The van der Waals surface area contributed by atoms with Crippen LogP contribution in [-0.4, -0.2) is 25.8 Å². The lowest BCUT2D eigenvalue weighted by Gasteiger charge is -2.21. The minimum atomic E-state index is -3.73. The van der Waals surface area contributed by atoms with E-state index < -0.39 is 16.0 Å². The molecule has 0 fully saturated rings. The summed E-state index contributed by atoms with van der Waals surface area (Å²) in [7, 11) is -2.34. The summed E-state index contributed by atoms with van der Waals surface area (Å²) in [6.07, 6.45) is 0.602. The van der Waals surface area contributed by atoms with E-state index in [-0.39, 0.29) is 23.2 Å². The predicted octanol–water partition coefficient (Wildman–Crippen LogP) is 3.44. The summed E-state index contributed by atoms with van der Waals surface area (Å²) in [5, 5.41) is 2.15. The van der Waals surface area contributed by atoms with E-state index in [2.05, 4.69) is 4.72 Å². The number of nitrogens with zero attached hydrogens (tertiary/aromatic N) is 1. The monoisotopic (exact) mass is 376 g/mol. The average Bonchev–Trinajstić information content (AvgIpc) is 2.94. The second kappa shape index (κ2) is 7.72. The standard InChI is InChI=1S/C15H18ClFN2O2S2/c1-11(9-12-5-4-8-22-12)18-23(20,21)19(2)10-13-14(16)6-3-7-15(13)17/h3-8,11,18H,9-10H2,1-2H3. The molecule has 23 heavy (non-hydrogen) atoms. The van der Waals surface area contributed by atoms with Crippen LogP contribution >= 0.6 is 22.9 Å². The minimum Gasteiger partial charge on any atom is -0.207 e. The van der Waals surface area contributed by atoms with Crippen LogP contribution in [0.3, 0.4) is 0 Å². The van der Waals surface area contributed by atoms with Gasteiger partial charge in [0, 0.05) is 35.1 Å². The summed E-state index contributed by atoms with van der Waals surface area (Å²) < 4.78 is 42.1. The van der Waals surface area contributed by atoms with Crippen molar-refractivity contribution in [3.8, 4) is 0 Å². The van der Waals surface area contributed by atoms with Crippen molar-refractivity contribution in [2.24, 2.45) is 0 Å². The first-order valence-corrected chi connectivity index (χ1v) is 9.68. The van der Waals surface area contributed by atoms with Gasteiger partial charge in [-0.1, -0.05) is 23.7 Å². The van der Waals surface area contributed by atoms with E-state index in [9.17, 15) is 12.8 Å². The van der Waals surface area contributed by atoms with E-state index in [0.717, 1.165) is 9.18 Å². The number of hydrogen-bond acceptors (Lipinski definition) is 3. The van der Waals surface area contributed by atoms with Crippen LogP contribution in [0.2, 0.25) is 5.02 Å². The van der Waals surface area contributed by atoms with E-state index in [1.54, 1.807) is 18.3 Å². The van der Waals surface area contributed by atoms with E-state index in [1.165, 1.54) is 25.2 Å². The molecule has 126 valence electrons. The van der Waals surface area contributed by atoms with E-state index >= 15 is 0 Å². The number of halogens is 2. The van der Waals surface area contributed by atoms with Crippen molar-refractivity contribution in [3.05, 3.63) is 57.0 Å². The van der Waals surface area contributed by atoms with Gasteiger partial charge in [0.1, 0.15) is 5.82 Å². The van der Waals surface area contributed by atoms with Crippen LogP contribution in [-0.2, 0) is 23.2 Å². The molecule has 1 unspecified atom stereocenters. The second-order valence-corrected chi connectivity index (χ2v) is 8.51. The van der Waals surface area contributed by atoms with Gasteiger partial charge in [-0.25, -0.2) is 4.39 Å². The molecule has 1 atom stereocenters. The van der Waals surface area contributed by atoms with Crippen molar-refractivity contribution in [2.45, 2.75) is 25.9 Å². The first kappa shape index (κ1) is 18.4. The Hall–Kier alpha value is -0.990. The Bertz CT molecular complexity index is 731. The summed E-state index contributed by atoms with van der Waals surface area (Å²) in [4.78, 5) is 1.10. The third kappa shape index (κ3) is 4.99. The van der Waals surface area contributed by atoms with Gasteiger partial charge in [-0.15, -0.1) is 11.3 Å². The Balaban J connectivity index is 2.03. The maximum atomic E-state index is 13.8. The quantitative estimate of drug-likeness (QED) is 0.804. The molecule has 2 aromatic rings. The topological polar surface area (TPSA) is 49.4 Å². The molecule has 0 saturated carbocycles. The lowest BCUT2D eigenvalue weighted by atomic mass is 10.2. The second-order valence-electron chi connectivity index (χ2n) is 5.26. The Morgan fingerprint density at radius 3 is 2.70 bits per heavy atom. The molecule has 0 aliphatic heterocycles. The lowest BCUT2D eigenvalue weighted by Crippen LogP contribution is -2.43. The van der Waals surface area contributed by atoms with Gasteiger partial charge in [-0.2, -0.15) is 17.4 Å². The Morgan fingerprint density at radius 1 is 1.35 bits per heavy atom. The zero-order valence-corrected chi connectivity index (χ0v) is 15.2. The number of nitrogens with one attached hydrogen (secondary N) is 1. The summed E-state index contributed by atoms with van der Waals surface area (Å²) in [5.74, 6) is -0.522. The minimum absolute atomic E-state index is 0.132. The molecule has 8 heteroatoms. The maximum Gasteiger partial charge on any atom is 0.279 e. The first-order chi connectivity index (χ1) is 10.8. The highest BCUT2D eigenvalue weighted by atomic mass is 35.5. The van der Waals surface area contributed by atoms with Crippen molar-refractivity contribution in [2.75, 3.05) is 7.05 Å². The van der Waals surface area contributed by atoms with Gasteiger partial charge in [0.15, 0.2) is 0 Å². The first-order valence-electron chi connectivity index (χ1n) is 6.98. The Morgan fingerprint density at radius 2 is 2.09 bits per heavy atom. The highest BCUT2D eigenvalue weighted by Gasteiger charge is 2.22. The van der Waals surface area contributed by atoms with E-state index in [4.69, 9.17) is 11.6 Å². The molecule has 0 saturated heterocycles. The SMILES string of the molecule is CC(Cc1cccs1)NS(=O)(=O)N(C)Cc1c(F)cccc1Cl. The van der Waals surface area contributed by atoms with Crippen molar-refractivity contribution in [1.82, 2.24) is 9.03 Å². The molecule has 0 spiro atoms. The van der Waals surface area contributed by atoms with Crippen LogP contribution in [0.15, 0.2) is 35.7 Å². The molecule has 2 rings (SSSR count). The number of benzene rings is 1. The van der Waals surface area contributed by atoms with Crippen LogP contribution in [0.4, 0.5) is 4.39 Å². The number of rotatable bonds is 7. The van der Waals surface area contributed by atoms with E-state index in [0.29, 0.717) is 6.42 Å². The summed E-state index contributed by atoms with van der Waals surface area (Å²) >= 11 is 7.52. The third-order valence-corrected chi connectivity index (χ3v) is 6.19. The molecule has 0 amide bonds. The zero-order valence-electron chi connectivity index (χ0n) is 12.8. The molecular weight excluding hydrogens is 359 g/mol. The Kier molecular flexibility index (Phi) is 6.16. The largest absolute Gasteiger partial charge is 0.279 e. The third-order valence-electron chi connectivity index (χ3n) is 3.29. The average molecular weight is 377 g/mol.